The Morgan fingerprint density at radius 2 is 1.64 bits per heavy atom. The molecular formula is C46H65ClO6. The Balaban J connectivity index is 1.28. The fourth-order valence-electron chi connectivity index (χ4n) is 13.4. The first-order valence-corrected chi connectivity index (χ1v) is 20.7. The van der Waals surface area contributed by atoms with Crippen molar-refractivity contribution in [2.45, 2.75) is 152 Å². The summed E-state index contributed by atoms with van der Waals surface area (Å²) in [5.74, 6) is -0.0287. The second-order valence-electron chi connectivity index (χ2n) is 20.3. The maximum atomic E-state index is 14.1. The van der Waals surface area contributed by atoms with Gasteiger partial charge in [-0.2, -0.15) is 0 Å². The highest BCUT2D eigenvalue weighted by atomic mass is 35.5. The number of allylic oxidation sites excluding steroid dienone is 1. The normalized spacial score (nSPS) is 36.9. The van der Waals surface area contributed by atoms with Crippen molar-refractivity contribution in [3.63, 3.8) is 0 Å². The van der Waals surface area contributed by atoms with Crippen LogP contribution in [0.15, 0.2) is 47.6 Å². The lowest BCUT2D eigenvalue weighted by Crippen LogP contribution is -2.66. The number of hydrogen-bond donors (Lipinski definition) is 2. The molecule has 1 aromatic carbocycles. The molecule has 0 saturated heterocycles. The maximum Gasteiger partial charge on any atom is 0.309 e. The molecule has 0 aliphatic heterocycles. The third-order valence-corrected chi connectivity index (χ3v) is 16.7. The number of Topliss-reactive ketones (excluding diaryl/α,β-unsaturated/α-hetero) is 1. The van der Waals surface area contributed by atoms with E-state index in [9.17, 15) is 24.6 Å². The van der Waals surface area contributed by atoms with Gasteiger partial charge in [-0.25, -0.2) is 0 Å². The number of carboxylic acid groups (broad SMARTS) is 1. The van der Waals surface area contributed by atoms with Crippen molar-refractivity contribution in [3.8, 4) is 0 Å². The Morgan fingerprint density at radius 1 is 0.962 bits per heavy atom. The van der Waals surface area contributed by atoms with Gasteiger partial charge in [-0.3, -0.25) is 14.4 Å². The second-order valence-corrected chi connectivity index (χ2v) is 20.7. The van der Waals surface area contributed by atoms with Crippen LogP contribution in [0.4, 0.5) is 0 Å². The molecule has 1 aromatic rings. The number of benzene rings is 1. The largest absolute Gasteiger partial charge is 0.481 e. The molecule has 0 bridgehead atoms. The SMILES string of the molecule is C=C(Cc1ccccc1Cl)CC(O)C12CCC3(C)C(CCC4C5(C)CCC(OC(=O)CC(C)(C)C(=O)O)C(C)(C)C5CCC43C)C1=C(C(C)C)C(=O)C2. The zero-order valence-corrected chi connectivity index (χ0v) is 34.6. The first kappa shape index (κ1) is 40.2. The number of aliphatic hydroxyl groups is 1. The van der Waals surface area contributed by atoms with Gasteiger partial charge in [-0.1, -0.05) is 96.0 Å². The predicted octanol–water partition coefficient (Wildman–Crippen LogP) is 10.6. The van der Waals surface area contributed by atoms with Crippen LogP contribution in [0.25, 0.3) is 0 Å². The highest BCUT2D eigenvalue weighted by Crippen LogP contribution is 2.77. The van der Waals surface area contributed by atoms with Crippen LogP contribution in [0.5, 0.6) is 0 Å². The van der Waals surface area contributed by atoms with Crippen LogP contribution < -0.4 is 0 Å². The summed E-state index contributed by atoms with van der Waals surface area (Å²) < 4.78 is 6.17. The van der Waals surface area contributed by atoms with Crippen LogP contribution in [0, 0.1) is 56.2 Å². The summed E-state index contributed by atoms with van der Waals surface area (Å²) in [6.07, 6.45) is 8.09. The molecule has 9 atom stereocenters. The van der Waals surface area contributed by atoms with Gasteiger partial charge in [0.2, 0.25) is 0 Å². The van der Waals surface area contributed by atoms with Crippen LogP contribution in [-0.2, 0) is 25.5 Å². The van der Waals surface area contributed by atoms with Gasteiger partial charge in [-0.15, -0.1) is 0 Å². The fraction of sp³-hybridized carbons (Fsp3) is 0.717. The molecule has 0 amide bonds. The molecule has 5 aliphatic rings. The van der Waals surface area contributed by atoms with E-state index in [0.29, 0.717) is 36.1 Å². The van der Waals surface area contributed by atoms with Gasteiger partial charge in [0.15, 0.2) is 5.78 Å². The Bertz CT molecular complexity index is 1700. The van der Waals surface area contributed by atoms with Crippen molar-refractivity contribution in [3.05, 3.63) is 58.1 Å². The summed E-state index contributed by atoms with van der Waals surface area (Å²) >= 11 is 6.51. The lowest BCUT2D eigenvalue weighted by molar-refractivity contribution is -0.235. The number of fused-ring (bicyclic) bond motifs is 7. The molecule has 4 saturated carbocycles. The summed E-state index contributed by atoms with van der Waals surface area (Å²) in [6.45, 7) is 24.0. The van der Waals surface area contributed by atoms with Crippen molar-refractivity contribution in [1.82, 2.24) is 0 Å². The van der Waals surface area contributed by atoms with Crippen molar-refractivity contribution in [2.24, 2.45) is 56.2 Å². The maximum absolute atomic E-state index is 14.1. The monoisotopic (exact) mass is 748 g/mol. The zero-order valence-electron chi connectivity index (χ0n) is 33.9. The average Bonchev–Trinajstić information content (AvgIpc) is 3.37. The van der Waals surface area contributed by atoms with Crippen LogP contribution in [-0.4, -0.2) is 40.1 Å². The van der Waals surface area contributed by atoms with E-state index in [1.54, 1.807) is 13.8 Å². The standard InChI is InChI=1S/C46H65ClO6/c1-27(2)38-32(48)25-46(35(49)24-28(3)23-29-13-11-12-14-31(29)47)22-21-44(9)30(39(38)46)15-16-34-43(8)19-18-36(53-37(50)26-41(4,5)40(51)52)42(6,7)33(43)17-20-45(34,44)10/h11-14,27,30,33-36,49H,3,15-26H2,1-2,4-10H3,(H,51,52). The molecule has 6 nitrogen and oxygen atoms in total. The predicted molar refractivity (Wildman–Crippen MR) is 210 cm³/mol. The number of esters is 1. The molecule has 53 heavy (non-hydrogen) atoms. The second kappa shape index (κ2) is 13.6. The van der Waals surface area contributed by atoms with E-state index in [4.69, 9.17) is 16.3 Å². The number of rotatable bonds is 10. The first-order chi connectivity index (χ1) is 24.5. The van der Waals surface area contributed by atoms with Crippen molar-refractivity contribution in [2.75, 3.05) is 0 Å². The molecule has 9 unspecified atom stereocenters. The van der Waals surface area contributed by atoms with E-state index >= 15 is 0 Å². The number of ether oxygens (including phenoxy) is 1. The number of hydrogen-bond acceptors (Lipinski definition) is 5. The number of carboxylic acids is 1. The first-order valence-electron chi connectivity index (χ1n) is 20.3. The Morgan fingerprint density at radius 3 is 2.28 bits per heavy atom. The smallest absolute Gasteiger partial charge is 0.309 e. The molecule has 7 heteroatoms. The molecule has 0 aromatic heterocycles. The molecule has 292 valence electrons. The van der Waals surface area contributed by atoms with Crippen LogP contribution in [0.1, 0.15) is 139 Å². The molecular weight excluding hydrogens is 684 g/mol. The summed E-state index contributed by atoms with van der Waals surface area (Å²) in [4.78, 5) is 39.0. The third kappa shape index (κ3) is 6.28. The highest BCUT2D eigenvalue weighted by Gasteiger charge is 2.70. The summed E-state index contributed by atoms with van der Waals surface area (Å²) in [7, 11) is 0. The van der Waals surface area contributed by atoms with Crippen LogP contribution in [0.3, 0.4) is 0 Å². The minimum Gasteiger partial charge on any atom is -0.481 e. The molecule has 5 aliphatic carbocycles. The summed E-state index contributed by atoms with van der Waals surface area (Å²) in [5.41, 5.74) is 2.28. The number of carbonyl (C=O) groups excluding carboxylic acids is 2. The number of aliphatic hydroxyl groups excluding tert-OH is 1. The number of aliphatic carboxylic acids is 1. The highest BCUT2D eigenvalue weighted by molar-refractivity contribution is 6.31. The van der Waals surface area contributed by atoms with Gasteiger partial charge in [0.05, 0.1) is 17.9 Å². The van der Waals surface area contributed by atoms with Gasteiger partial charge in [0, 0.05) is 22.3 Å². The number of carbonyl (C=O) groups is 3. The van der Waals surface area contributed by atoms with Crippen LogP contribution >= 0.6 is 11.6 Å². The lowest BCUT2D eigenvalue weighted by Gasteiger charge is -2.72. The van der Waals surface area contributed by atoms with Crippen molar-refractivity contribution in [1.29, 1.82) is 0 Å². The quantitative estimate of drug-likeness (QED) is 0.182. The average molecular weight is 749 g/mol. The summed E-state index contributed by atoms with van der Waals surface area (Å²) in [5, 5.41) is 22.6. The molecule has 2 N–H and O–H groups in total. The molecule has 6 rings (SSSR count). The van der Waals surface area contributed by atoms with Gasteiger partial charge in [-0.05, 0) is 135 Å². The lowest BCUT2D eigenvalue weighted by atomic mass is 9.33. The third-order valence-electron chi connectivity index (χ3n) is 16.4. The Kier molecular flexibility index (Phi) is 10.4. The molecule has 0 heterocycles. The van der Waals surface area contributed by atoms with Gasteiger partial charge < -0.3 is 14.9 Å². The van der Waals surface area contributed by atoms with Gasteiger partial charge in [0.1, 0.15) is 6.10 Å². The van der Waals surface area contributed by atoms with Crippen molar-refractivity contribution >= 4 is 29.3 Å². The van der Waals surface area contributed by atoms with Crippen molar-refractivity contribution < 1.29 is 29.3 Å². The minimum atomic E-state index is -1.17. The van der Waals surface area contributed by atoms with Gasteiger partial charge >= 0.3 is 11.9 Å². The van der Waals surface area contributed by atoms with E-state index in [0.717, 1.165) is 68.1 Å². The minimum absolute atomic E-state index is 0.0301. The van der Waals surface area contributed by atoms with Crippen LogP contribution in [0.2, 0.25) is 5.02 Å². The number of ketones is 1. The van der Waals surface area contributed by atoms with E-state index in [1.807, 2.05) is 24.3 Å². The molecule has 4 fully saturated rings. The Hall–Kier alpha value is -2.44. The van der Waals surface area contributed by atoms with E-state index in [-0.39, 0.29) is 51.8 Å². The van der Waals surface area contributed by atoms with Gasteiger partial charge in [0.25, 0.3) is 0 Å². The fourth-order valence-corrected chi connectivity index (χ4v) is 13.6. The number of halogens is 1. The summed E-state index contributed by atoms with van der Waals surface area (Å²) in [6, 6.07) is 7.82. The molecule has 0 radical (unpaired) electrons. The van der Waals surface area contributed by atoms with E-state index < -0.39 is 28.9 Å². The van der Waals surface area contributed by atoms with E-state index in [1.165, 1.54) is 5.57 Å². The zero-order chi connectivity index (χ0) is 39.1. The van der Waals surface area contributed by atoms with E-state index in [2.05, 4.69) is 55.0 Å². The molecule has 0 spiro atoms. The Labute approximate surface area is 323 Å². The topological polar surface area (TPSA) is 101 Å².